The van der Waals surface area contributed by atoms with E-state index < -0.39 is 0 Å². The highest BCUT2D eigenvalue weighted by molar-refractivity contribution is 5.62. The molecule has 0 N–H and O–H groups in total. The van der Waals surface area contributed by atoms with Crippen molar-refractivity contribution in [1.29, 1.82) is 0 Å². The summed E-state index contributed by atoms with van der Waals surface area (Å²) in [5.41, 5.74) is 2.82. The highest BCUT2D eigenvalue weighted by atomic mass is 16.5. The average molecular weight is 412 g/mol. The number of aromatic nitrogens is 5. The Bertz CT molecular complexity index is 984. The van der Waals surface area contributed by atoms with Crippen molar-refractivity contribution < 1.29 is 9.47 Å². The molecular weight excluding hydrogens is 382 g/mol. The lowest BCUT2D eigenvalue weighted by Gasteiger charge is -2.35. The molecule has 2 aliphatic rings. The molecule has 5 rings (SSSR count). The maximum Gasteiger partial charge on any atom is 0.154 e. The molecule has 2 fully saturated rings. The van der Waals surface area contributed by atoms with E-state index in [1.165, 1.54) is 0 Å². The van der Waals surface area contributed by atoms with Crippen LogP contribution in [-0.4, -0.2) is 87.4 Å². The van der Waals surface area contributed by atoms with Gasteiger partial charge in [0.15, 0.2) is 5.65 Å². The molecule has 30 heavy (non-hydrogen) atoms. The Morgan fingerprint density at radius 3 is 2.63 bits per heavy atom. The molecule has 9 nitrogen and oxygen atoms in total. The molecule has 0 radical (unpaired) electrons. The normalized spacial score (nSPS) is 23.3. The number of fused-ring (bicyclic) bond motifs is 1. The molecule has 0 bridgehead atoms. The standard InChI is InChI=1S/C21H29N7O2/c1-16-13-26(14-17(2)30-16)21-4-3-20-22-12-19(28(20)24-21)18-11-23-27(15-18)6-5-25-7-9-29-10-8-25/h3-4,11-12,15-17H,5-10,13-14H2,1-2H3/t16-,17+. The molecular formula is C21H29N7O2. The van der Waals surface area contributed by atoms with E-state index in [1.807, 2.05) is 33.7 Å². The van der Waals surface area contributed by atoms with Crippen LogP contribution in [0, 0.1) is 0 Å². The summed E-state index contributed by atoms with van der Waals surface area (Å²) < 4.78 is 15.2. The summed E-state index contributed by atoms with van der Waals surface area (Å²) in [7, 11) is 0. The number of hydrogen-bond donors (Lipinski definition) is 0. The molecule has 0 unspecified atom stereocenters. The summed E-state index contributed by atoms with van der Waals surface area (Å²) in [6.45, 7) is 11.4. The molecule has 3 aromatic rings. The van der Waals surface area contributed by atoms with E-state index in [-0.39, 0.29) is 12.2 Å². The number of hydrogen-bond acceptors (Lipinski definition) is 7. The molecule has 0 amide bonds. The predicted octanol–water partition coefficient (Wildman–Crippen LogP) is 1.54. The minimum atomic E-state index is 0.193. The summed E-state index contributed by atoms with van der Waals surface area (Å²) in [4.78, 5) is 9.24. The van der Waals surface area contributed by atoms with Crippen molar-refractivity contribution in [3.8, 4) is 11.3 Å². The number of rotatable bonds is 5. The molecule has 9 heteroatoms. The minimum Gasteiger partial charge on any atom is -0.379 e. The van der Waals surface area contributed by atoms with Gasteiger partial charge in [-0.25, -0.2) is 9.50 Å². The molecule has 0 saturated carbocycles. The monoisotopic (exact) mass is 411 g/mol. The molecule has 5 heterocycles. The van der Waals surface area contributed by atoms with Crippen LogP contribution in [0.1, 0.15) is 13.8 Å². The Labute approximate surface area is 176 Å². The zero-order valence-electron chi connectivity index (χ0n) is 17.6. The minimum absolute atomic E-state index is 0.193. The van der Waals surface area contributed by atoms with E-state index in [4.69, 9.17) is 14.6 Å². The number of nitrogens with zero attached hydrogens (tertiary/aromatic N) is 7. The Morgan fingerprint density at radius 2 is 1.83 bits per heavy atom. The summed E-state index contributed by atoms with van der Waals surface area (Å²) >= 11 is 0. The van der Waals surface area contributed by atoms with Gasteiger partial charge in [-0.15, -0.1) is 5.10 Å². The van der Waals surface area contributed by atoms with Crippen LogP contribution >= 0.6 is 0 Å². The van der Waals surface area contributed by atoms with Crippen molar-refractivity contribution >= 4 is 11.5 Å². The van der Waals surface area contributed by atoms with E-state index in [1.54, 1.807) is 0 Å². The first kappa shape index (κ1) is 19.5. The Kier molecular flexibility index (Phi) is 5.41. The van der Waals surface area contributed by atoms with Crippen molar-refractivity contribution in [3.63, 3.8) is 0 Å². The van der Waals surface area contributed by atoms with Crippen LogP contribution in [0.15, 0.2) is 30.7 Å². The smallest absolute Gasteiger partial charge is 0.154 e. The zero-order chi connectivity index (χ0) is 20.5. The van der Waals surface area contributed by atoms with Gasteiger partial charge in [-0.05, 0) is 26.0 Å². The Hall–Kier alpha value is -2.49. The Balaban J connectivity index is 1.35. The van der Waals surface area contributed by atoms with Gasteiger partial charge in [-0.2, -0.15) is 5.10 Å². The molecule has 2 saturated heterocycles. The molecule has 0 aliphatic carbocycles. The second-order valence-electron chi connectivity index (χ2n) is 8.21. The predicted molar refractivity (Wildman–Crippen MR) is 114 cm³/mol. The first-order valence-corrected chi connectivity index (χ1v) is 10.7. The van der Waals surface area contributed by atoms with Gasteiger partial charge in [0.1, 0.15) is 5.82 Å². The lowest BCUT2D eigenvalue weighted by Crippen LogP contribution is -2.46. The maximum absolute atomic E-state index is 5.86. The van der Waals surface area contributed by atoms with Gasteiger partial charge in [0.2, 0.25) is 0 Å². The topological polar surface area (TPSA) is 73.0 Å². The van der Waals surface area contributed by atoms with Gasteiger partial charge in [0, 0.05) is 44.5 Å². The largest absolute Gasteiger partial charge is 0.379 e. The van der Waals surface area contributed by atoms with Gasteiger partial charge in [0.25, 0.3) is 0 Å². The summed E-state index contributed by atoms with van der Waals surface area (Å²) in [5.74, 6) is 0.948. The molecule has 3 aromatic heterocycles. The quantitative estimate of drug-likeness (QED) is 0.631. The fraction of sp³-hybridized carbons (Fsp3) is 0.571. The highest BCUT2D eigenvalue weighted by Crippen LogP contribution is 2.23. The van der Waals surface area contributed by atoms with Crippen LogP contribution in [0.4, 0.5) is 5.82 Å². The van der Waals surface area contributed by atoms with Crippen LogP contribution in [-0.2, 0) is 16.0 Å². The molecule has 0 aromatic carbocycles. The summed E-state index contributed by atoms with van der Waals surface area (Å²) in [6.07, 6.45) is 6.24. The van der Waals surface area contributed by atoms with E-state index in [0.29, 0.717) is 0 Å². The van der Waals surface area contributed by atoms with Crippen LogP contribution in [0.3, 0.4) is 0 Å². The number of morpholine rings is 2. The van der Waals surface area contributed by atoms with Crippen molar-refractivity contribution in [2.45, 2.75) is 32.6 Å². The van der Waals surface area contributed by atoms with Gasteiger partial charge in [0.05, 0.1) is 50.1 Å². The zero-order valence-corrected chi connectivity index (χ0v) is 17.6. The van der Waals surface area contributed by atoms with Gasteiger partial charge in [-0.1, -0.05) is 0 Å². The molecule has 2 atom stereocenters. The second-order valence-corrected chi connectivity index (χ2v) is 8.21. The third-order valence-electron chi connectivity index (χ3n) is 5.77. The first-order chi connectivity index (χ1) is 14.7. The van der Waals surface area contributed by atoms with E-state index in [2.05, 4.69) is 39.9 Å². The van der Waals surface area contributed by atoms with E-state index in [0.717, 1.165) is 75.2 Å². The van der Waals surface area contributed by atoms with E-state index >= 15 is 0 Å². The average Bonchev–Trinajstić information content (AvgIpc) is 3.38. The fourth-order valence-corrected chi connectivity index (χ4v) is 4.28. The van der Waals surface area contributed by atoms with Crippen LogP contribution in [0.5, 0.6) is 0 Å². The summed E-state index contributed by atoms with van der Waals surface area (Å²) in [5, 5.41) is 9.46. The van der Waals surface area contributed by atoms with Crippen molar-refractivity contribution in [2.24, 2.45) is 0 Å². The second kappa shape index (κ2) is 8.33. The SMILES string of the molecule is C[C@@H]1CN(c2ccc3ncc(-c4cnn(CCN5CCOCC5)c4)n3n2)C[C@H](C)O1. The van der Waals surface area contributed by atoms with Crippen LogP contribution < -0.4 is 4.90 Å². The number of ether oxygens (including phenoxy) is 2. The maximum atomic E-state index is 5.86. The third kappa shape index (κ3) is 4.05. The summed E-state index contributed by atoms with van der Waals surface area (Å²) in [6, 6.07) is 4.07. The van der Waals surface area contributed by atoms with Crippen LogP contribution in [0.25, 0.3) is 16.9 Å². The number of anilines is 1. The van der Waals surface area contributed by atoms with Crippen molar-refractivity contribution in [1.82, 2.24) is 29.3 Å². The van der Waals surface area contributed by atoms with Crippen molar-refractivity contribution in [2.75, 3.05) is 50.8 Å². The fourth-order valence-electron chi connectivity index (χ4n) is 4.28. The van der Waals surface area contributed by atoms with Crippen molar-refractivity contribution in [3.05, 3.63) is 30.7 Å². The first-order valence-electron chi connectivity index (χ1n) is 10.7. The van der Waals surface area contributed by atoms with Gasteiger partial charge in [-0.3, -0.25) is 9.58 Å². The van der Waals surface area contributed by atoms with E-state index in [9.17, 15) is 0 Å². The molecule has 0 spiro atoms. The van der Waals surface area contributed by atoms with Gasteiger partial charge >= 0.3 is 0 Å². The third-order valence-corrected chi connectivity index (χ3v) is 5.77. The lowest BCUT2D eigenvalue weighted by molar-refractivity contribution is -0.00551. The van der Waals surface area contributed by atoms with Gasteiger partial charge < -0.3 is 14.4 Å². The Morgan fingerprint density at radius 1 is 1.03 bits per heavy atom. The van der Waals surface area contributed by atoms with Crippen LogP contribution in [0.2, 0.25) is 0 Å². The molecule has 2 aliphatic heterocycles. The lowest BCUT2D eigenvalue weighted by atomic mass is 10.2. The molecule has 160 valence electrons. The highest BCUT2D eigenvalue weighted by Gasteiger charge is 2.24. The number of imidazole rings is 1.